The van der Waals surface area contributed by atoms with Gasteiger partial charge in [-0.15, -0.1) is 11.3 Å². The number of nitrogens with zero attached hydrogens (tertiary/aromatic N) is 1. The van der Waals surface area contributed by atoms with Crippen molar-refractivity contribution >= 4 is 34.3 Å². The van der Waals surface area contributed by atoms with Gasteiger partial charge in [-0.3, -0.25) is 0 Å². The van der Waals surface area contributed by atoms with Crippen LogP contribution < -0.4 is 11.1 Å². The summed E-state index contributed by atoms with van der Waals surface area (Å²) >= 11 is 7.26. The molecule has 0 saturated heterocycles. The minimum absolute atomic E-state index is 0.0283. The third-order valence-electron chi connectivity index (χ3n) is 2.47. The van der Waals surface area contributed by atoms with E-state index >= 15 is 0 Å². The number of halogens is 2. The molecule has 0 atom stereocenters. The van der Waals surface area contributed by atoms with E-state index in [1.54, 1.807) is 11.3 Å². The van der Waals surface area contributed by atoms with E-state index in [1.165, 1.54) is 17.0 Å². The first-order chi connectivity index (χ1) is 8.60. The molecule has 0 fully saturated rings. The fourth-order valence-corrected chi connectivity index (χ4v) is 2.45. The summed E-state index contributed by atoms with van der Waals surface area (Å²) in [7, 11) is 0. The Morgan fingerprint density at radius 3 is 2.94 bits per heavy atom. The maximum absolute atomic E-state index is 13.3. The van der Waals surface area contributed by atoms with Crippen LogP contribution >= 0.6 is 22.9 Å². The number of nitrogen functional groups attached to an aromatic ring is 1. The summed E-state index contributed by atoms with van der Waals surface area (Å²) in [6.45, 7) is 2.60. The van der Waals surface area contributed by atoms with Crippen molar-refractivity contribution in [2.45, 2.75) is 19.9 Å². The van der Waals surface area contributed by atoms with Crippen molar-refractivity contribution in [2.24, 2.45) is 0 Å². The van der Waals surface area contributed by atoms with Crippen molar-refractivity contribution in [1.29, 1.82) is 0 Å². The minimum atomic E-state index is -0.484. The number of nitrogens with two attached hydrogens (primary N) is 1. The van der Waals surface area contributed by atoms with E-state index < -0.39 is 5.82 Å². The summed E-state index contributed by atoms with van der Waals surface area (Å²) in [5.41, 5.74) is 6.71. The van der Waals surface area contributed by atoms with Gasteiger partial charge in [-0.25, -0.2) is 9.37 Å². The van der Waals surface area contributed by atoms with Crippen LogP contribution in [0.3, 0.4) is 0 Å². The monoisotopic (exact) mass is 285 g/mol. The molecule has 0 bridgehead atoms. The smallest absolute Gasteiger partial charge is 0.143 e. The normalized spacial score (nSPS) is 10.6. The largest absolute Gasteiger partial charge is 0.397 e. The molecule has 1 heterocycles. The first-order valence-corrected chi connectivity index (χ1v) is 6.71. The zero-order valence-corrected chi connectivity index (χ0v) is 11.4. The SMILES string of the molecule is CCc1cnc(CNc2cc(F)c(Cl)cc2N)s1. The van der Waals surface area contributed by atoms with E-state index in [9.17, 15) is 4.39 Å². The van der Waals surface area contributed by atoms with Crippen LogP contribution in [0.2, 0.25) is 5.02 Å². The molecule has 0 aliphatic heterocycles. The van der Waals surface area contributed by atoms with Gasteiger partial charge in [0, 0.05) is 17.1 Å². The maximum atomic E-state index is 13.3. The van der Waals surface area contributed by atoms with Gasteiger partial charge in [0.05, 0.1) is 22.9 Å². The predicted octanol–water partition coefficient (Wildman–Crippen LogP) is 3.69. The average molecular weight is 286 g/mol. The molecule has 0 amide bonds. The zero-order chi connectivity index (χ0) is 13.1. The Morgan fingerprint density at radius 2 is 2.28 bits per heavy atom. The number of rotatable bonds is 4. The summed E-state index contributed by atoms with van der Waals surface area (Å²) in [4.78, 5) is 5.49. The Hall–Kier alpha value is -1.33. The second kappa shape index (κ2) is 5.54. The number of aromatic nitrogens is 1. The lowest BCUT2D eigenvalue weighted by molar-refractivity contribution is 0.629. The predicted molar refractivity (Wildman–Crippen MR) is 74.6 cm³/mol. The van der Waals surface area contributed by atoms with Crippen LogP contribution in [0.4, 0.5) is 15.8 Å². The molecule has 0 saturated carbocycles. The van der Waals surface area contributed by atoms with Gasteiger partial charge in [-0.2, -0.15) is 0 Å². The second-order valence-electron chi connectivity index (χ2n) is 3.78. The van der Waals surface area contributed by atoms with Crippen molar-refractivity contribution in [3.8, 4) is 0 Å². The van der Waals surface area contributed by atoms with Crippen LogP contribution in [0, 0.1) is 5.82 Å². The summed E-state index contributed by atoms with van der Waals surface area (Å²) < 4.78 is 13.3. The van der Waals surface area contributed by atoms with Crippen molar-refractivity contribution < 1.29 is 4.39 Å². The molecule has 0 spiro atoms. The summed E-state index contributed by atoms with van der Waals surface area (Å²) in [6.07, 6.45) is 2.82. The highest BCUT2D eigenvalue weighted by Crippen LogP contribution is 2.26. The van der Waals surface area contributed by atoms with Gasteiger partial charge in [0.1, 0.15) is 10.8 Å². The van der Waals surface area contributed by atoms with Crippen LogP contribution in [-0.4, -0.2) is 4.98 Å². The molecule has 6 heteroatoms. The number of hydrogen-bond donors (Lipinski definition) is 2. The molecular weight excluding hydrogens is 273 g/mol. The van der Waals surface area contributed by atoms with Gasteiger partial charge < -0.3 is 11.1 Å². The van der Waals surface area contributed by atoms with Crippen LogP contribution in [0.15, 0.2) is 18.3 Å². The zero-order valence-electron chi connectivity index (χ0n) is 9.84. The highest BCUT2D eigenvalue weighted by molar-refractivity contribution is 7.11. The van der Waals surface area contributed by atoms with Crippen molar-refractivity contribution in [2.75, 3.05) is 11.1 Å². The van der Waals surface area contributed by atoms with Crippen LogP contribution in [0.5, 0.6) is 0 Å². The van der Waals surface area contributed by atoms with Gasteiger partial charge >= 0.3 is 0 Å². The third kappa shape index (κ3) is 2.91. The van der Waals surface area contributed by atoms with Gasteiger partial charge in [-0.1, -0.05) is 18.5 Å². The van der Waals surface area contributed by atoms with Gasteiger partial charge in [0.15, 0.2) is 0 Å². The molecule has 1 aromatic heterocycles. The maximum Gasteiger partial charge on any atom is 0.143 e. The number of benzene rings is 1. The highest BCUT2D eigenvalue weighted by Gasteiger charge is 2.07. The summed E-state index contributed by atoms with van der Waals surface area (Å²) in [5.74, 6) is -0.484. The molecule has 0 radical (unpaired) electrons. The number of hydrogen-bond acceptors (Lipinski definition) is 4. The lowest BCUT2D eigenvalue weighted by Gasteiger charge is -2.08. The van der Waals surface area contributed by atoms with Gasteiger partial charge in [0.2, 0.25) is 0 Å². The Morgan fingerprint density at radius 1 is 1.50 bits per heavy atom. The molecule has 0 unspecified atom stereocenters. The molecule has 0 aliphatic rings. The van der Waals surface area contributed by atoms with Crippen LogP contribution in [0.25, 0.3) is 0 Å². The number of thiazole rings is 1. The van der Waals surface area contributed by atoms with Crippen molar-refractivity contribution in [1.82, 2.24) is 4.98 Å². The number of anilines is 2. The Balaban J connectivity index is 2.08. The number of aryl methyl sites for hydroxylation is 1. The van der Waals surface area contributed by atoms with E-state index in [4.69, 9.17) is 17.3 Å². The third-order valence-corrected chi connectivity index (χ3v) is 3.90. The lowest BCUT2D eigenvalue weighted by atomic mass is 10.2. The first kappa shape index (κ1) is 13.1. The standard InChI is InChI=1S/C12H13ClFN3S/c1-2-7-5-17-12(18-7)6-16-11-4-9(14)8(13)3-10(11)15/h3-5,16H,2,6,15H2,1H3. The van der Waals surface area contributed by atoms with E-state index in [0.29, 0.717) is 17.9 Å². The summed E-state index contributed by atoms with van der Waals surface area (Å²) in [5, 5.41) is 4.03. The van der Waals surface area contributed by atoms with E-state index in [-0.39, 0.29) is 5.02 Å². The Bertz CT molecular complexity index is 556. The van der Waals surface area contributed by atoms with E-state index in [1.807, 2.05) is 6.20 Å². The molecule has 3 nitrogen and oxygen atoms in total. The quantitative estimate of drug-likeness (QED) is 0.842. The van der Waals surface area contributed by atoms with Crippen molar-refractivity contribution in [3.05, 3.63) is 39.1 Å². The molecule has 96 valence electrons. The lowest BCUT2D eigenvalue weighted by Crippen LogP contribution is -2.02. The number of nitrogens with one attached hydrogen (secondary N) is 1. The Labute approximate surface area is 114 Å². The molecule has 2 aromatic rings. The average Bonchev–Trinajstić information content (AvgIpc) is 2.80. The second-order valence-corrected chi connectivity index (χ2v) is 5.39. The van der Waals surface area contributed by atoms with Crippen LogP contribution in [-0.2, 0) is 13.0 Å². The fourth-order valence-electron chi connectivity index (χ4n) is 1.48. The molecule has 18 heavy (non-hydrogen) atoms. The van der Waals surface area contributed by atoms with Gasteiger partial charge in [0.25, 0.3) is 0 Å². The Kier molecular flexibility index (Phi) is 4.04. The molecular formula is C12H13ClFN3S. The topological polar surface area (TPSA) is 50.9 Å². The highest BCUT2D eigenvalue weighted by atomic mass is 35.5. The van der Waals surface area contributed by atoms with Crippen molar-refractivity contribution in [3.63, 3.8) is 0 Å². The van der Waals surface area contributed by atoms with Crippen LogP contribution in [0.1, 0.15) is 16.8 Å². The minimum Gasteiger partial charge on any atom is -0.397 e. The molecule has 0 aliphatic carbocycles. The van der Waals surface area contributed by atoms with E-state index in [0.717, 1.165) is 11.4 Å². The first-order valence-electron chi connectivity index (χ1n) is 5.52. The molecule has 1 aromatic carbocycles. The van der Waals surface area contributed by atoms with Gasteiger partial charge in [-0.05, 0) is 12.5 Å². The fraction of sp³-hybridized carbons (Fsp3) is 0.250. The summed E-state index contributed by atoms with van der Waals surface area (Å²) in [6, 6.07) is 2.70. The molecule has 3 N–H and O–H groups in total. The van der Waals surface area contributed by atoms with E-state index in [2.05, 4.69) is 17.2 Å². The molecule has 2 rings (SSSR count).